The molecule has 0 saturated carbocycles. The number of benzene rings is 6. The van der Waals surface area contributed by atoms with Gasteiger partial charge in [-0.3, -0.25) is 0 Å². The highest BCUT2D eigenvalue weighted by molar-refractivity contribution is 6.10. The Balaban J connectivity index is 1.43. The van der Waals surface area contributed by atoms with Gasteiger partial charge in [-0.1, -0.05) is 133 Å². The smallest absolute Gasteiger partial charge is 0.164 e. The molecule has 0 aliphatic heterocycles. The maximum atomic E-state index is 14.2. The van der Waals surface area contributed by atoms with E-state index in [0.29, 0.717) is 17.5 Å². The van der Waals surface area contributed by atoms with E-state index >= 15 is 0 Å². The summed E-state index contributed by atoms with van der Waals surface area (Å²) in [7, 11) is 0. The molecule has 0 aliphatic rings. The maximum absolute atomic E-state index is 14.2. The molecule has 8 aromatic rings. The third-order valence-electron chi connectivity index (χ3n) is 9.85. The first kappa shape index (κ1) is 33.2. The van der Waals surface area contributed by atoms with Gasteiger partial charge in [0, 0.05) is 33.2 Å². The van der Waals surface area contributed by atoms with Crippen LogP contribution < -0.4 is 0 Å². The van der Waals surface area contributed by atoms with Crippen LogP contribution >= 0.6 is 0 Å². The van der Waals surface area contributed by atoms with Crippen molar-refractivity contribution in [1.29, 1.82) is 0 Å². The maximum Gasteiger partial charge on any atom is 0.164 e. The number of hydrogen-bond donors (Lipinski definition) is 0. The Labute approximate surface area is 304 Å². The summed E-state index contributed by atoms with van der Waals surface area (Å²) in [6.07, 6.45) is 0. The quantitative estimate of drug-likeness (QED) is 0.182. The van der Waals surface area contributed by atoms with Crippen molar-refractivity contribution in [2.24, 2.45) is 0 Å². The van der Waals surface area contributed by atoms with Gasteiger partial charge in [0.25, 0.3) is 0 Å². The van der Waals surface area contributed by atoms with Crippen molar-refractivity contribution >= 4 is 21.8 Å². The fraction of sp³-hybridized carbons (Fsp3) is 0.170. The summed E-state index contributed by atoms with van der Waals surface area (Å²) in [6.45, 7) is 13.6. The number of halogens is 1. The highest BCUT2D eigenvalue weighted by atomic mass is 19.1. The normalized spacial score (nSPS) is 12.1. The summed E-state index contributed by atoms with van der Waals surface area (Å²) in [5, 5.41) is 2.44. The summed E-state index contributed by atoms with van der Waals surface area (Å²) in [6, 6.07) is 46.8. The van der Waals surface area contributed by atoms with Crippen LogP contribution in [0.4, 0.5) is 4.39 Å². The highest BCUT2D eigenvalue weighted by Crippen LogP contribution is 2.40. The van der Waals surface area contributed by atoms with Gasteiger partial charge in [-0.2, -0.15) is 0 Å². The second-order valence-electron chi connectivity index (χ2n) is 15.6. The molecule has 52 heavy (non-hydrogen) atoms. The van der Waals surface area contributed by atoms with Gasteiger partial charge in [0.1, 0.15) is 5.82 Å². The topological polar surface area (TPSA) is 43.6 Å². The molecule has 0 saturated heterocycles. The highest BCUT2D eigenvalue weighted by Gasteiger charge is 2.23. The van der Waals surface area contributed by atoms with Crippen molar-refractivity contribution in [3.8, 4) is 51.0 Å². The van der Waals surface area contributed by atoms with Crippen molar-refractivity contribution in [3.63, 3.8) is 0 Å². The molecule has 0 N–H and O–H groups in total. The van der Waals surface area contributed by atoms with Crippen LogP contribution in [0.25, 0.3) is 72.8 Å². The Hall–Kier alpha value is -5.94. The number of fused-ring (bicyclic) bond motifs is 3. The largest absolute Gasteiger partial charge is 0.309 e. The molecule has 256 valence electrons. The Bertz CT molecular complexity index is 2440. The number of aromatic nitrogens is 4. The van der Waals surface area contributed by atoms with Gasteiger partial charge in [0.2, 0.25) is 0 Å². The van der Waals surface area contributed by atoms with Crippen molar-refractivity contribution in [2.45, 2.75) is 52.4 Å². The molecule has 0 amide bonds. The van der Waals surface area contributed by atoms with Gasteiger partial charge in [-0.15, -0.1) is 0 Å². The van der Waals surface area contributed by atoms with Gasteiger partial charge >= 0.3 is 0 Å². The van der Waals surface area contributed by atoms with Crippen LogP contribution in [0.3, 0.4) is 0 Å². The molecular weight excluding hydrogens is 640 g/mol. The minimum atomic E-state index is -0.283. The number of rotatable bonds is 5. The monoisotopic (exact) mass is 680 g/mol. The van der Waals surface area contributed by atoms with Crippen molar-refractivity contribution in [3.05, 3.63) is 156 Å². The molecule has 0 atom stereocenters. The lowest BCUT2D eigenvalue weighted by Gasteiger charge is -2.19. The molecule has 2 heterocycles. The van der Waals surface area contributed by atoms with Crippen LogP contribution in [0, 0.1) is 5.82 Å². The van der Waals surface area contributed by atoms with Gasteiger partial charge in [0.15, 0.2) is 17.5 Å². The molecule has 8 rings (SSSR count). The van der Waals surface area contributed by atoms with E-state index in [1.807, 2.05) is 72.8 Å². The van der Waals surface area contributed by atoms with Gasteiger partial charge in [-0.05, 0) is 81.6 Å². The molecule has 0 radical (unpaired) electrons. The van der Waals surface area contributed by atoms with E-state index in [1.54, 1.807) is 0 Å². The summed E-state index contributed by atoms with van der Waals surface area (Å²) < 4.78 is 16.6. The number of hydrogen-bond acceptors (Lipinski definition) is 3. The molecule has 0 unspecified atom stereocenters. The van der Waals surface area contributed by atoms with E-state index in [9.17, 15) is 4.39 Å². The van der Waals surface area contributed by atoms with E-state index in [-0.39, 0.29) is 16.6 Å². The van der Waals surface area contributed by atoms with Crippen molar-refractivity contribution < 1.29 is 4.39 Å². The first-order chi connectivity index (χ1) is 24.9. The lowest BCUT2D eigenvalue weighted by molar-refractivity contribution is 0.590. The molecule has 2 aromatic heterocycles. The van der Waals surface area contributed by atoms with Gasteiger partial charge in [-0.25, -0.2) is 19.3 Å². The molecule has 6 aromatic carbocycles. The van der Waals surface area contributed by atoms with Gasteiger partial charge < -0.3 is 4.57 Å². The third kappa shape index (κ3) is 6.17. The predicted molar refractivity (Wildman–Crippen MR) is 213 cm³/mol. The predicted octanol–water partition coefficient (Wildman–Crippen LogP) is 12.4. The Morgan fingerprint density at radius 2 is 0.923 bits per heavy atom. The van der Waals surface area contributed by atoms with Crippen LogP contribution in [-0.4, -0.2) is 19.5 Å². The average Bonchev–Trinajstić information content (AvgIpc) is 3.48. The minimum absolute atomic E-state index is 0.000167. The van der Waals surface area contributed by atoms with Gasteiger partial charge in [0.05, 0.1) is 11.0 Å². The molecule has 0 spiro atoms. The van der Waals surface area contributed by atoms with E-state index in [4.69, 9.17) is 15.0 Å². The average molecular weight is 681 g/mol. The standard InChI is InChI=1S/C47H41FN4/c1-46(2,3)33-19-25-41-38(27-33)39-28-34(47(4,5)6)20-26-42(39)52(41)36-23-24-37(30-17-21-35(48)22-18-30)40(29-36)45-50-43(31-13-9-7-10-14-31)49-44(51-45)32-15-11-8-12-16-32/h7-29H,1-6H3. The molecule has 0 bridgehead atoms. The third-order valence-corrected chi connectivity index (χ3v) is 9.85. The van der Waals surface area contributed by atoms with E-state index in [0.717, 1.165) is 44.5 Å². The Morgan fingerprint density at radius 3 is 1.40 bits per heavy atom. The van der Waals surface area contributed by atoms with Crippen LogP contribution in [0.15, 0.2) is 140 Å². The molecular formula is C47H41FN4. The Kier molecular flexibility index (Phi) is 8.10. The summed E-state index contributed by atoms with van der Waals surface area (Å²) in [5.74, 6) is 1.43. The van der Waals surface area contributed by atoms with Crippen molar-refractivity contribution in [2.75, 3.05) is 0 Å². The lowest BCUT2D eigenvalue weighted by atomic mass is 9.85. The van der Waals surface area contributed by atoms with Crippen LogP contribution in [0.2, 0.25) is 0 Å². The van der Waals surface area contributed by atoms with Crippen molar-refractivity contribution in [1.82, 2.24) is 19.5 Å². The second kappa shape index (κ2) is 12.7. The molecule has 5 heteroatoms. The molecule has 0 aliphatic carbocycles. The summed E-state index contributed by atoms with van der Waals surface area (Å²) >= 11 is 0. The van der Waals surface area contributed by atoms with Crippen LogP contribution in [0.1, 0.15) is 52.7 Å². The minimum Gasteiger partial charge on any atom is -0.309 e. The SMILES string of the molecule is CC(C)(C)c1ccc2c(c1)c1cc(C(C)(C)C)ccc1n2-c1ccc(-c2ccc(F)cc2)c(-c2nc(-c3ccccc3)nc(-c3ccccc3)n2)c1. The second-order valence-corrected chi connectivity index (χ2v) is 15.6. The van der Waals surface area contributed by atoms with E-state index in [1.165, 1.54) is 34.0 Å². The Morgan fingerprint density at radius 1 is 0.442 bits per heavy atom. The molecule has 4 nitrogen and oxygen atoms in total. The zero-order valence-electron chi connectivity index (χ0n) is 30.4. The summed E-state index contributed by atoms with van der Waals surface area (Å²) in [4.78, 5) is 15.2. The fourth-order valence-corrected chi connectivity index (χ4v) is 6.90. The first-order valence-electron chi connectivity index (χ1n) is 17.8. The summed E-state index contributed by atoms with van der Waals surface area (Å²) in [5.41, 5.74) is 10.2. The van der Waals surface area contributed by atoms with E-state index in [2.05, 4.69) is 101 Å². The first-order valence-corrected chi connectivity index (χ1v) is 17.8. The lowest BCUT2D eigenvalue weighted by Crippen LogP contribution is -2.10. The fourth-order valence-electron chi connectivity index (χ4n) is 6.90. The molecule has 0 fully saturated rings. The number of nitrogens with zero attached hydrogens (tertiary/aromatic N) is 4. The zero-order valence-corrected chi connectivity index (χ0v) is 30.4. The van der Waals surface area contributed by atoms with Crippen LogP contribution in [-0.2, 0) is 10.8 Å². The zero-order chi connectivity index (χ0) is 36.2. The van der Waals surface area contributed by atoms with Crippen LogP contribution in [0.5, 0.6) is 0 Å². The van der Waals surface area contributed by atoms with E-state index < -0.39 is 0 Å².